The van der Waals surface area contributed by atoms with Crippen molar-refractivity contribution in [2.45, 2.75) is 57.0 Å². The standard InChI is InChI=1S/C22H27BrO2/c1-21-10-8-18-17-7-5-16(24-2)14-15(17)4-6-19(18)20(21)9-11-22(21,25-3)12-13-23/h5,7,14,18-20H,4,6,8-11H2,1-3H3. The van der Waals surface area contributed by atoms with Crippen LogP contribution in [-0.2, 0) is 11.2 Å². The van der Waals surface area contributed by atoms with E-state index in [1.54, 1.807) is 12.7 Å². The summed E-state index contributed by atoms with van der Waals surface area (Å²) in [7, 11) is 3.60. The summed E-state index contributed by atoms with van der Waals surface area (Å²) in [6.07, 6.45) is 7.18. The van der Waals surface area contributed by atoms with E-state index >= 15 is 0 Å². The van der Waals surface area contributed by atoms with Crippen molar-refractivity contribution in [2.75, 3.05) is 14.2 Å². The van der Waals surface area contributed by atoms with Gasteiger partial charge in [0.05, 0.1) is 7.11 Å². The zero-order chi connectivity index (χ0) is 17.7. The van der Waals surface area contributed by atoms with E-state index in [1.165, 1.54) is 37.7 Å². The quantitative estimate of drug-likeness (QED) is 0.625. The molecule has 3 aliphatic carbocycles. The minimum absolute atomic E-state index is 0.160. The molecule has 1 aromatic rings. The number of rotatable bonds is 2. The Morgan fingerprint density at radius 2 is 2.00 bits per heavy atom. The molecule has 0 N–H and O–H groups in total. The number of benzene rings is 1. The highest BCUT2D eigenvalue weighted by atomic mass is 79.9. The molecular formula is C22H27BrO2. The third-order valence-corrected chi connectivity index (χ3v) is 7.85. The van der Waals surface area contributed by atoms with Crippen LogP contribution in [0.25, 0.3) is 0 Å². The van der Waals surface area contributed by atoms with E-state index < -0.39 is 0 Å². The Kier molecular flexibility index (Phi) is 4.41. The number of halogens is 1. The van der Waals surface area contributed by atoms with Crippen molar-refractivity contribution in [2.24, 2.45) is 17.3 Å². The Morgan fingerprint density at radius 1 is 1.16 bits per heavy atom. The van der Waals surface area contributed by atoms with Crippen LogP contribution >= 0.6 is 15.9 Å². The van der Waals surface area contributed by atoms with E-state index in [0.29, 0.717) is 11.8 Å². The van der Waals surface area contributed by atoms with Gasteiger partial charge in [0.25, 0.3) is 0 Å². The largest absolute Gasteiger partial charge is 0.497 e. The molecule has 2 nitrogen and oxygen atoms in total. The van der Waals surface area contributed by atoms with E-state index in [4.69, 9.17) is 9.47 Å². The Hall–Kier alpha value is -0.980. The number of methoxy groups -OCH3 is 2. The molecule has 1 aromatic carbocycles. The first-order valence-corrected chi connectivity index (χ1v) is 10.2. The van der Waals surface area contributed by atoms with Crippen molar-refractivity contribution in [3.8, 4) is 16.5 Å². The van der Waals surface area contributed by atoms with Gasteiger partial charge in [-0.1, -0.05) is 18.9 Å². The molecule has 0 aromatic heterocycles. The minimum atomic E-state index is -0.285. The summed E-state index contributed by atoms with van der Waals surface area (Å²) in [4.78, 5) is 2.98. The number of hydrogen-bond donors (Lipinski definition) is 0. The van der Waals surface area contributed by atoms with Crippen LogP contribution in [0.15, 0.2) is 18.2 Å². The normalized spacial score (nSPS) is 38.8. The van der Waals surface area contributed by atoms with Gasteiger partial charge >= 0.3 is 0 Å². The van der Waals surface area contributed by atoms with Gasteiger partial charge in [0.15, 0.2) is 0 Å². The molecule has 2 saturated carbocycles. The Balaban J connectivity index is 1.69. The predicted octanol–water partition coefficient (Wildman–Crippen LogP) is 5.29. The van der Waals surface area contributed by atoms with Gasteiger partial charge in [0.2, 0.25) is 0 Å². The lowest BCUT2D eigenvalue weighted by Gasteiger charge is -2.53. The Labute approximate surface area is 159 Å². The van der Waals surface area contributed by atoms with Gasteiger partial charge < -0.3 is 9.47 Å². The summed E-state index contributed by atoms with van der Waals surface area (Å²) < 4.78 is 11.5. The minimum Gasteiger partial charge on any atom is -0.497 e. The van der Waals surface area contributed by atoms with Crippen molar-refractivity contribution in [3.63, 3.8) is 0 Å². The number of aryl methyl sites for hydroxylation is 1. The van der Waals surface area contributed by atoms with Crippen LogP contribution in [0.3, 0.4) is 0 Å². The highest BCUT2D eigenvalue weighted by molar-refractivity contribution is 9.12. The summed E-state index contributed by atoms with van der Waals surface area (Å²) >= 11 is 3.33. The third-order valence-electron chi connectivity index (χ3n) is 7.65. The van der Waals surface area contributed by atoms with Crippen LogP contribution < -0.4 is 4.74 Å². The lowest BCUT2D eigenvalue weighted by Crippen LogP contribution is -2.51. The van der Waals surface area contributed by atoms with Gasteiger partial charge in [-0.2, -0.15) is 0 Å². The molecule has 4 rings (SSSR count). The zero-order valence-corrected chi connectivity index (χ0v) is 17.0. The maximum absolute atomic E-state index is 6.07. The maximum atomic E-state index is 6.07. The maximum Gasteiger partial charge on any atom is 0.134 e. The van der Waals surface area contributed by atoms with Gasteiger partial charge in [0, 0.05) is 28.5 Å². The summed E-state index contributed by atoms with van der Waals surface area (Å²) in [6.45, 7) is 2.44. The fraction of sp³-hybridized carbons (Fsp3) is 0.636. The average Bonchev–Trinajstić information content (AvgIpc) is 2.94. The van der Waals surface area contributed by atoms with E-state index in [0.717, 1.165) is 18.1 Å². The van der Waals surface area contributed by atoms with Gasteiger partial charge in [0.1, 0.15) is 11.4 Å². The SMILES string of the molecule is COc1ccc2c(c1)CCC1C2CCC2(C)C1CCC2(C#CBr)OC. The lowest BCUT2D eigenvalue weighted by molar-refractivity contribution is -0.0885. The van der Waals surface area contributed by atoms with Crippen LogP contribution in [-0.4, -0.2) is 19.8 Å². The van der Waals surface area contributed by atoms with E-state index in [9.17, 15) is 0 Å². The summed E-state index contributed by atoms with van der Waals surface area (Å²) in [5.74, 6) is 6.55. The van der Waals surface area contributed by atoms with Crippen molar-refractivity contribution >= 4 is 15.9 Å². The van der Waals surface area contributed by atoms with E-state index in [1.807, 2.05) is 7.11 Å². The molecule has 0 spiro atoms. The van der Waals surface area contributed by atoms with Crippen LogP contribution in [0.5, 0.6) is 5.75 Å². The van der Waals surface area contributed by atoms with Crippen molar-refractivity contribution in [1.82, 2.24) is 0 Å². The average molecular weight is 403 g/mol. The molecule has 0 heterocycles. The lowest BCUT2D eigenvalue weighted by atomic mass is 9.53. The van der Waals surface area contributed by atoms with Gasteiger partial charge in [-0.3, -0.25) is 0 Å². The molecule has 3 heteroatoms. The summed E-state index contributed by atoms with van der Waals surface area (Å²) in [6, 6.07) is 6.72. The molecule has 0 radical (unpaired) electrons. The van der Waals surface area contributed by atoms with Crippen LogP contribution in [0.2, 0.25) is 0 Å². The van der Waals surface area contributed by atoms with Gasteiger partial charge in [-0.05, 0) is 84.4 Å². The number of fused-ring (bicyclic) bond motifs is 5. The Morgan fingerprint density at radius 3 is 2.72 bits per heavy atom. The van der Waals surface area contributed by atoms with Crippen molar-refractivity contribution in [1.29, 1.82) is 0 Å². The second-order valence-corrected chi connectivity index (χ2v) is 8.62. The molecular weight excluding hydrogens is 376 g/mol. The van der Waals surface area contributed by atoms with Crippen LogP contribution in [0.1, 0.15) is 56.1 Å². The molecule has 5 unspecified atom stereocenters. The summed E-state index contributed by atoms with van der Waals surface area (Å²) in [5.41, 5.74) is 2.95. The molecule has 134 valence electrons. The zero-order valence-electron chi connectivity index (χ0n) is 15.4. The molecule has 0 amide bonds. The smallest absolute Gasteiger partial charge is 0.134 e. The van der Waals surface area contributed by atoms with Crippen molar-refractivity contribution < 1.29 is 9.47 Å². The second-order valence-electron chi connectivity index (χ2n) is 8.23. The van der Waals surface area contributed by atoms with Crippen LogP contribution in [0, 0.1) is 28.0 Å². The number of hydrogen-bond acceptors (Lipinski definition) is 2. The first-order chi connectivity index (χ1) is 12.1. The van der Waals surface area contributed by atoms with Crippen molar-refractivity contribution in [3.05, 3.63) is 29.3 Å². The molecule has 0 saturated heterocycles. The molecule has 3 aliphatic rings. The third kappa shape index (κ3) is 2.41. The predicted molar refractivity (Wildman–Crippen MR) is 104 cm³/mol. The Bertz CT molecular complexity index is 733. The topological polar surface area (TPSA) is 18.5 Å². The van der Waals surface area contributed by atoms with E-state index in [-0.39, 0.29) is 11.0 Å². The molecule has 0 aliphatic heterocycles. The van der Waals surface area contributed by atoms with E-state index in [2.05, 4.69) is 51.8 Å². The van der Waals surface area contributed by atoms with Crippen LogP contribution in [0.4, 0.5) is 0 Å². The monoisotopic (exact) mass is 402 g/mol. The fourth-order valence-corrected chi connectivity index (χ4v) is 6.67. The van der Waals surface area contributed by atoms with Gasteiger partial charge in [-0.15, -0.1) is 0 Å². The van der Waals surface area contributed by atoms with Gasteiger partial charge in [-0.25, -0.2) is 0 Å². The molecule has 5 atom stereocenters. The first kappa shape index (κ1) is 17.4. The highest BCUT2D eigenvalue weighted by Crippen LogP contribution is 2.65. The highest BCUT2D eigenvalue weighted by Gasteiger charge is 2.62. The number of ether oxygens (including phenoxy) is 2. The second kappa shape index (κ2) is 6.32. The fourth-order valence-electron chi connectivity index (χ4n) is 6.35. The first-order valence-electron chi connectivity index (χ1n) is 9.43. The molecule has 0 bridgehead atoms. The molecule has 25 heavy (non-hydrogen) atoms. The summed E-state index contributed by atoms with van der Waals surface area (Å²) in [5, 5.41) is 0. The molecule has 2 fully saturated rings.